The topological polar surface area (TPSA) is 102 Å². The van der Waals surface area contributed by atoms with Gasteiger partial charge in [0, 0.05) is 17.9 Å². The second-order valence-corrected chi connectivity index (χ2v) is 9.59. The summed E-state index contributed by atoms with van der Waals surface area (Å²) in [5.41, 5.74) is -2.88. The quantitative estimate of drug-likeness (QED) is 0.449. The van der Waals surface area contributed by atoms with E-state index in [4.69, 9.17) is 14.2 Å². The number of hydrogen-bond donors (Lipinski definition) is 1. The third-order valence-corrected chi connectivity index (χ3v) is 8.23. The number of hydrogen-bond acceptors (Lipinski definition) is 7. The van der Waals surface area contributed by atoms with Crippen molar-refractivity contribution in [2.75, 3.05) is 0 Å². The van der Waals surface area contributed by atoms with Crippen LogP contribution in [0.15, 0.2) is 36.4 Å². The summed E-state index contributed by atoms with van der Waals surface area (Å²) in [5.74, 6) is -2.33. The minimum Gasteiger partial charge on any atom is -0.457 e. The van der Waals surface area contributed by atoms with Crippen LogP contribution in [-0.2, 0) is 28.6 Å². The Bertz CT molecular complexity index is 987. The molecule has 5 rings (SSSR count). The van der Waals surface area contributed by atoms with Crippen molar-refractivity contribution in [1.82, 2.24) is 0 Å². The van der Waals surface area contributed by atoms with E-state index in [2.05, 4.69) is 0 Å². The molecule has 2 saturated heterocycles. The number of carbonyl (C=O) groups excluding carboxylic acids is 3. The number of esters is 2. The number of ether oxygens (including phenoxy) is 3. The maximum atomic E-state index is 13.1. The van der Waals surface area contributed by atoms with Crippen LogP contribution in [-0.4, -0.2) is 46.9 Å². The Kier molecular flexibility index (Phi) is 4.27. The molecule has 1 N–H and O–H groups in total. The molecule has 164 valence electrons. The van der Waals surface area contributed by atoms with Gasteiger partial charge in [-0.1, -0.05) is 44.2 Å². The highest BCUT2D eigenvalue weighted by Crippen LogP contribution is 2.72. The fourth-order valence-corrected chi connectivity index (χ4v) is 6.23. The number of carbonyl (C=O) groups is 3. The lowest BCUT2D eigenvalue weighted by Crippen LogP contribution is -2.57. The monoisotopic (exact) mass is 426 g/mol. The standard InChI is InChI=1S/C24H26O7/c1-13-9-11-15(25)17-18(27)24(20(28)30-21-23(24,3)31-21)19(22(13,17)2)29-16(26)12-10-14-7-5-4-6-8-14/h4-8,10,12-13,17-19,21,27H,9,11H2,1-3H3. The van der Waals surface area contributed by atoms with Gasteiger partial charge in [0.2, 0.25) is 6.29 Å². The number of aliphatic hydroxyl groups excluding tert-OH is 1. The predicted molar refractivity (Wildman–Crippen MR) is 108 cm³/mol. The van der Waals surface area contributed by atoms with Gasteiger partial charge in [-0.15, -0.1) is 0 Å². The SMILES string of the molecule is CC1CCC(=O)C2C(O)C3(C(=O)OC4OC43C)C(OC(=O)C=Cc3ccccc3)C12C. The van der Waals surface area contributed by atoms with Crippen LogP contribution in [0.3, 0.4) is 0 Å². The Labute approximate surface area is 180 Å². The molecule has 4 aliphatic rings. The first-order valence-electron chi connectivity index (χ1n) is 10.7. The Morgan fingerprint density at radius 3 is 2.58 bits per heavy atom. The highest BCUT2D eigenvalue weighted by molar-refractivity contribution is 5.93. The van der Waals surface area contributed by atoms with E-state index in [1.165, 1.54) is 6.08 Å². The fourth-order valence-electron chi connectivity index (χ4n) is 6.23. The van der Waals surface area contributed by atoms with E-state index in [9.17, 15) is 19.5 Å². The molecule has 8 unspecified atom stereocenters. The summed E-state index contributed by atoms with van der Waals surface area (Å²) in [6, 6.07) is 9.28. The summed E-state index contributed by atoms with van der Waals surface area (Å²) < 4.78 is 17.0. The average Bonchev–Trinajstić information content (AvgIpc) is 3.26. The Balaban J connectivity index is 1.56. The third kappa shape index (κ3) is 2.44. The van der Waals surface area contributed by atoms with E-state index in [1.807, 2.05) is 44.2 Å². The summed E-state index contributed by atoms with van der Waals surface area (Å²) in [5, 5.41) is 11.4. The zero-order valence-corrected chi connectivity index (χ0v) is 17.7. The largest absolute Gasteiger partial charge is 0.457 e. The van der Waals surface area contributed by atoms with Crippen LogP contribution in [0.1, 0.15) is 39.2 Å². The number of ketones is 1. The molecule has 2 saturated carbocycles. The van der Waals surface area contributed by atoms with E-state index in [0.717, 1.165) is 5.56 Å². The Hall–Kier alpha value is -2.51. The molecule has 0 amide bonds. The van der Waals surface area contributed by atoms with Gasteiger partial charge < -0.3 is 19.3 Å². The van der Waals surface area contributed by atoms with Gasteiger partial charge in [-0.2, -0.15) is 0 Å². The van der Waals surface area contributed by atoms with Gasteiger partial charge in [-0.05, 0) is 30.9 Å². The molecule has 2 heterocycles. The van der Waals surface area contributed by atoms with Crippen LogP contribution in [0, 0.1) is 22.7 Å². The first-order chi connectivity index (χ1) is 14.7. The van der Waals surface area contributed by atoms with Gasteiger partial charge in [-0.3, -0.25) is 9.59 Å². The molecule has 1 aromatic rings. The van der Waals surface area contributed by atoms with Gasteiger partial charge in [-0.25, -0.2) is 4.79 Å². The van der Waals surface area contributed by atoms with Gasteiger partial charge in [0.25, 0.3) is 0 Å². The number of rotatable bonds is 3. The van der Waals surface area contributed by atoms with Crippen LogP contribution in [0.25, 0.3) is 6.08 Å². The number of aliphatic hydroxyl groups is 1. The molecule has 31 heavy (non-hydrogen) atoms. The summed E-state index contributed by atoms with van der Waals surface area (Å²) in [6.07, 6.45) is 0.629. The molecule has 1 spiro atoms. The second-order valence-electron chi connectivity index (χ2n) is 9.59. The highest BCUT2D eigenvalue weighted by Gasteiger charge is 2.90. The number of benzene rings is 1. The van der Waals surface area contributed by atoms with Gasteiger partial charge in [0.15, 0.2) is 11.0 Å². The van der Waals surface area contributed by atoms with Crippen LogP contribution in [0.5, 0.6) is 0 Å². The van der Waals surface area contributed by atoms with E-state index in [1.54, 1.807) is 13.0 Å². The molecule has 0 aromatic heterocycles. The normalized spacial score (nSPS) is 45.5. The molecule has 7 nitrogen and oxygen atoms in total. The van der Waals surface area contributed by atoms with Gasteiger partial charge >= 0.3 is 11.9 Å². The van der Waals surface area contributed by atoms with Crippen LogP contribution in [0.2, 0.25) is 0 Å². The van der Waals surface area contributed by atoms with Crippen molar-refractivity contribution in [3.05, 3.63) is 42.0 Å². The molecule has 0 bridgehead atoms. The highest BCUT2D eigenvalue weighted by atomic mass is 16.8. The van der Waals surface area contributed by atoms with Crippen LogP contribution in [0.4, 0.5) is 0 Å². The maximum Gasteiger partial charge on any atom is 0.331 e. The first-order valence-corrected chi connectivity index (χ1v) is 10.7. The summed E-state index contributed by atoms with van der Waals surface area (Å²) >= 11 is 0. The zero-order chi connectivity index (χ0) is 22.2. The van der Waals surface area contributed by atoms with Crippen LogP contribution >= 0.6 is 0 Å². The molecule has 2 aliphatic carbocycles. The van der Waals surface area contributed by atoms with Gasteiger partial charge in [0.05, 0.1) is 12.0 Å². The van der Waals surface area contributed by atoms with Crippen molar-refractivity contribution in [3.8, 4) is 0 Å². The Morgan fingerprint density at radius 2 is 1.94 bits per heavy atom. The predicted octanol–water partition coefficient (Wildman–Crippen LogP) is 2.27. The van der Waals surface area contributed by atoms with E-state index < -0.39 is 52.8 Å². The van der Waals surface area contributed by atoms with Crippen molar-refractivity contribution in [1.29, 1.82) is 0 Å². The van der Waals surface area contributed by atoms with Crippen molar-refractivity contribution in [2.24, 2.45) is 22.7 Å². The Morgan fingerprint density at radius 1 is 1.23 bits per heavy atom. The summed E-state index contributed by atoms with van der Waals surface area (Å²) in [6.45, 7) is 5.49. The summed E-state index contributed by atoms with van der Waals surface area (Å²) in [4.78, 5) is 39.0. The lowest BCUT2D eigenvalue weighted by Gasteiger charge is -2.45. The molecule has 8 atom stereocenters. The van der Waals surface area contributed by atoms with Crippen molar-refractivity contribution < 1.29 is 33.7 Å². The van der Waals surface area contributed by atoms with Crippen molar-refractivity contribution in [2.45, 2.75) is 57.7 Å². The van der Waals surface area contributed by atoms with E-state index in [0.29, 0.717) is 12.8 Å². The number of fused-ring (bicyclic) bond motifs is 3. The number of Topliss-reactive ketones (excluding diaryl/α,β-unsaturated/α-hetero) is 1. The fraction of sp³-hybridized carbons (Fsp3) is 0.542. The van der Waals surface area contributed by atoms with Crippen molar-refractivity contribution >= 4 is 23.8 Å². The number of epoxide rings is 1. The lowest BCUT2D eigenvalue weighted by atomic mass is 9.60. The van der Waals surface area contributed by atoms with E-state index in [-0.39, 0.29) is 11.7 Å². The van der Waals surface area contributed by atoms with Crippen LogP contribution < -0.4 is 0 Å². The molecular weight excluding hydrogens is 400 g/mol. The van der Waals surface area contributed by atoms with E-state index >= 15 is 0 Å². The van der Waals surface area contributed by atoms with Crippen molar-refractivity contribution in [3.63, 3.8) is 0 Å². The lowest BCUT2D eigenvalue weighted by molar-refractivity contribution is -0.188. The first kappa shape index (κ1) is 20.4. The molecule has 4 fully saturated rings. The second kappa shape index (κ2) is 6.50. The maximum absolute atomic E-state index is 13.1. The minimum absolute atomic E-state index is 0.0608. The molecular formula is C24H26O7. The molecule has 0 radical (unpaired) electrons. The third-order valence-electron chi connectivity index (χ3n) is 8.23. The molecule has 1 aromatic carbocycles. The summed E-state index contributed by atoms with van der Waals surface area (Å²) in [7, 11) is 0. The zero-order valence-electron chi connectivity index (χ0n) is 17.7. The average molecular weight is 426 g/mol. The molecule has 7 heteroatoms. The smallest absolute Gasteiger partial charge is 0.331 e. The molecule has 2 aliphatic heterocycles. The minimum atomic E-state index is -1.64. The van der Waals surface area contributed by atoms with Gasteiger partial charge in [0.1, 0.15) is 11.9 Å².